The number of ether oxygens (including phenoxy) is 4. The number of nitrogens with one attached hydrogen (secondary N) is 3. The first-order chi connectivity index (χ1) is 22.4. The van der Waals surface area contributed by atoms with Crippen LogP contribution in [0.2, 0.25) is 0 Å². The molecule has 0 spiro atoms. The summed E-state index contributed by atoms with van der Waals surface area (Å²) in [6, 6.07) is -3.37. The van der Waals surface area contributed by atoms with Crippen molar-refractivity contribution in [3.05, 3.63) is 0 Å². The van der Waals surface area contributed by atoms with Gasteiger partial charge in [0.15, 0.2) is 12.6 Å². The number of carbonyl (C=O) groups is 2. The lowest BCUT2D eigenvalue weighted by atomic mass is 9.84. The van der Waals surface area contributed by atoms with E-state index < -0.39 is 92.2 Å². The van der Waals surface area contributed by atoms with E-state index in [9.17, 15) is 35.1 Å². The summed E-state index contributed by atoms with van der Waals surface area (Å²) in [5.41, 5.74) is 24.7. The fraction of sp³-hybridized carbons (Fsp3) is 0.929. The van der Waals surface area contributed by atoms with Crippen molar-refractivity contribution in [1.82, 2.24) is 16.0 Å². The Morgan fingerprint density at radius 1 is 0.894 bits per heavy atom. The zero-order valence-electron chi connectivity index (χ0n) is 26.1. The molecule has 1 aliphatic carbocycles. The van der Waals surface area contributed by atoms with E-state index in [-0.39, 0.29) is 43.4 Å². The highest BCUT2D eigenvalue weighted by Gasteiger charge is 2.50. The van der Waals surface area contributed by atoms with Crippen LogP contribution in [0.15, 0.2) is 0 Å². The van der Waals surface area contributed by atoms with E-state index in [2.05, 4.69) is 16.0 Å². The van der Waals surface area contributed by atoms with Gasteiger partial charge in [-0.25, -0.2) is 4.79 Å². The van der Waals surface area contributed by atoms with Crippen molar-refractivity contribution in [2.75, 3.05) is 18.9 Å². The Labute approximate surface area is 276 Å². The maximum Gasteiger partial charge on any atom is 0.315 e. The molecule has 18 nitrogen and oxygen atoms in total. The molecule has 0 unspecified atom stereocenters. The first-order valence-electron chi connectivity index (χ1n) is 16.3. The van der Waals surface area contributed by atoms with Gasteiger partial charge in [0.05, 0.1) is 36.9 Å². The molecule has 5 fully saturated rings. The second kappa shape index (κ2) is 16.1. The van der Waals surface area contributed by atoms with Crippen LogP contribution in [0.5, 0.6) is 0 Å². The average molecular weight is 694 g/mol. The van der Waals surface area contributed by atoms with Crippen molar-refractivity contribution in [1.29, 1.82) is 0 Å². The molecule has 5 aliphatic rings. The first-order valence-corrected chi connectivity index (χ1v) is 17.3. The van der Waals surface area contributed by atoms with Crippen LogP contribution in [0.1, 0.15) is 38.5 Å². The summed E-state index contributed by atoms with van der Waals surface area (Å²) in [7, 11) is 0. The summed E-state index contributed by atoms with van der Waals surface area (Å²) in [5, 5.41) is 61.1. The van der Waals surface area contributed by atoms with Crippen molar-refractivity contribution < 1.29 is 54.1 Å². The van der Waals surface area contributed by atoms with Gasteiger partial charge in [-0.3, -0.25) is 4.79 Å². The monoisotopic (exact) mass is 693 g/mol. The van der Waals surface area contributed by atoms with Crippen LogP contribution in [0, 0.1) is 0 Å². The van der Waals surface area contributed by atoms with Gasteiger partial charge in [0.2, 0.25) is 5.91 Å². The molecular weight excluding hydrogens is 642 g/mol. The molecule has 270 valence electrons. The molecule has 16 N–H and O–H groups in total. The van der Waals surface area contributed by atoms with Gasteiger partial charge in [-0.1, -0.05) is 6.42 Å². The molecule has 4 saturated heterocycles. The van der Waals surface area contributed by atoms with Crippen molar-refractivity contribution in [3.8, 4) is 0 Å². The Hall–Kier alpha value is -1.43. The highest BCUT2D eigenvalue weighted by molar-refractivity contribution is 8.00. The lowest BCUT2D eigenvalue weighted by molar-refractivity contribution is -0.315. The summed E-state index contributed by atoms with van der Waals surface area (Å²) in [4.78, 5) is 24.1. The van der Waals surface area contributed by atoms with Crippen LogP contribution in [0.3, 0.4) is 0 Å². The van der Waals surface area contributed by atoms with E-state index in [1.54, 1.807) is 0 Å². The number of aliphatic hydroxyl groups is 5. The Morgan fingerprint density at radius 2 is 1.57 bits per heavy atom. The number of nitrogens with two attached hydrogens (primary N) is 4. The predicted molar refractivity (Wildman–Crippen MR) is 166 cm³/mol. The summed E-state index contributed by atoms with van der Waals surface area (Å²) >= 11 is 1.83. The molecule has 47 heavy (non-hydrogen) atoms. The summed E-state index contributed by atoms with van der Waals surface area (Å²) in [5.74, 6) is 0.689. The zero-order valence-corrected chi connectivity index (χ0v) is 26.9. The van der Waals surface area contributed by atoms with E-state index >= 15 is 0 Å². The quantitative estimate of drug-likeness (QED) is 0.0670. The molecule has 17 atom stereocenters. The van der Waals surface area contributed by atoms with Gasteiger partial charge in [-0.15, -0.1) is 0 Å². The minimum atomic E-state index is -1.48. The molecule has 0 bridgehead atoms. The minimum Gasteiger partial charge on any atom is -0.394 e. The Bertz CT molecular complexity index is 1070. The average Bonchev–Trinajstić information content (AvgIpc) is 3.58. The number of fused-ring (bicyclic) bond motifs is 1. The lowest BCUT2D eigenvalue weighted by Crippen LogP contribution is -2.68. The van der Waals surface area contributed by atoms with Crippen molar-refractivity contribution in [2.24, 2.45) is 22.9 Å². The molecular formula is C28H51N7O11S. The Morgan fingerprint density at radius 3 is 2.28 bits per heavy atom. The van der Waals surface area contributed by atoms with Crippen molar-refractivity contribution >= 4 is 23.7 Å². The van der Waals surface area contributed by atoms with E-state index in [0.717, 1.165) is 18.6 Å². The Kier molecular flexibility index (Phi) is 12.6. The fourth-order valence-corrected chi connectivity index (χ4v) is 8.52. The zero-order chi connectivity index (χ0) is 34.0. The fourth-order valence-electron chi connectivity index (χ4n) is 6.98. The van der Waals surface area contributed by atoms with E-state index in [1.807, 2.05) is 11.8 Å². The predicted octanol–water partition coefficient (Wildman–Crippen LogP) is -5.41. The normalized spacial score (nSPS) is 46.8. The Balaban J connectivity index is 1.09. The van der Waals surface area contributed by atoms with Crippen molar-refractivity contribution in [3.63, 3.8) is 0 Å². The molecule has 0 aromatic rings. The third kappa shape index (κ3) is 8.48. The van der Waals surface area contributed by atoms with Gasteiger partial charge in [0, 0.05) is 36.1 Å². The van der Waals surface area contributed by atoms with Gasteiger partial charge in [0.25, 0.3) is 0 Å². The first kappa shape index (κ1) is 36.8. The summed E-state index contributed by atoms with van der Waals surface area (Å²) in [6.45, 7) is -0.570. The largest absolute Gasteiger partial charge is 0.394 e. The summed E-state index contributed by atoms with van der Waals surface area (Å²) in [6.07, 6.45) is -9.02. The smallest absolute Gasteiger partial charge is 0.315 e. The maximum atomic E-state index is 12.6. The van der Waals surface area contributed by atoms with Gasteiger partial charge >= 0.3 is 6.03 Å². The third-order valence-corrected chi connectivity index (χ3v) is 11.3. The van der Waals surface area contributed by atoms with Crippen LogP contribution in [-0.4, -0.2) is 159 Å². The number of thioether (sulfide) groups is 1. The molecule has 19 heteroatoms. The number of unbranched alkanes of at least 4 members (excludes halogenated alkanes) is 1. The summed E-state index contributed by atoms with van der Waals surface area (Å²) < 4.78 is 23.4. The molecule has 0 aromatic carbocycles. The molecule has 4 heterocycles. The molecule has 1 saturated carbocycles. The molecule has 3 amide bonds. The van der Waals surface area contributed by atoms with Crippen LogP contribution in [0.25, 0.3) is 0 Å². The molecule has 4 aliphatic heterocycles. The van der Waals surface area contributed by atoms with Gasteiger partial charge in [0.1, 0.15) is 42.7 Å². The SMILES string of the molecule is N[C@@H]1[C@@H](O)[C@@H](O[C@H]2[C@@H](O)[C@H](O[C@H]3O[C@@H](CNC(=O)CCCC[C@@H]4SC[C@@H]5NC(=O)N[C@@H]54)[C@@H](O)C[C@H]3N)[C@H](N)C[C@H]2N)O[C@@H](CO)[C@H]1O. The standard InChI is InChI=1S/C28H51N7O11S/c29-10-5-11(30)25(46-27-22(40)19(32)21(39)16(8-36)44-27)23(41)24(10)45-26-12(31)6-14(37)15(43-26)7-33-18(38)4-2-1-3-17-20-13(9-47-17)34-28(42)35-20/h10-17,19-27,36-37,39-41H,1-9,29-32H2,(H,33,38)(H2,34,35,42)/t10-,11-,12-,13+,14+,15+,16+,17+,19+,20+,21-,22-,23+,24-,25-,26-,27-/m1/s1. The van der Waals surface area contributed by atoms with Gasteiger partial charge < -0.3 is 83.4 Å². The maximum absolute atomic E-state index is 12.6. The number of hydrogen-bond acceptors (Lipinski definition) is 16. The lowest BCUT2D eigenvalue weighted by Gasteiger charge is -2.47. The van der Waals surface area contributed by atoms with E-state index in [1.165, 1.54) is 0 Å². The highest BCUT2D eigenvalue weighted by Crippen LogP contribution is 2.34. The number of aliphatic hydroxyl groups excluding tert-OH is 5. The van der Waals surface area contributed by atoms with Crippen LogP contribution in [-0.2, 0) is 23.7 Å². The minimum absolute atomic E-state index is 0.0113. The topological polar surface area (TPSA) is 312 Å². The molecule has 0 aromatic heterocycles. The number of urea groups is 1. The molecule has 5 rings (SSSR count). The van der Waals surface area contributed by atoms with Gasteiger partial charge in [-0.2, -0.15) is 11.8 Å². The van der Waals surface area contributed by atoms with Crippen LogP contribution < -0.4 is 38.9 Å². The number of amides is 3. The van der Waals surface area contributed by atoms with E-state index in [4.69, 9.17) is 41.9 Å². The number of hydrogen-bond donors (Lipinski definition) is 12. The van der Waals surface area contributed by atoms with Crippen LogP contribution in [0.4, 0.5) is 4.79 Å². The van der Waals surface area contributed by atoms with Crippen LogP contribution >= 0.6 is 11.8 Å². The van der Waals surface area contributed by atoms with Gasteiger partial charge in [-0.05, 0) is 25.7 Å². The molecule has 0 radical (unpaired) electrons. The second-order valence-electron chi connectivity index (χ2n) is 13.2. The highest BCUT2D eigenvalue weighted by atomic mass is 32.2. The second-order valence-corrected chi connectivity index (χ2v) is 14.5. The number of carbonyl (C=O) groups excluding carboxylic acids is 2. The van der Waals surface area contributed by atoms with E-state index in [0.29, 0.717) is 18.1 Å². The third-order valence-electron chi connectivity index (χ3n) is 9.76. The van der Waals surface area contributed by atoms with Crippen molar-refractivity contribution in [2.45, 2.75) is 141 Å². The number of rotatable bonds is 12.